The van der Waals surface area contributed by atoms with Gasteiger partial charge in [0.2, 0.25) is 0 Å². The van der Waals surface area contributed by atoms with E-state index in [2.05, 4.69) is 80.6 Å². The lowest BCUT2D eigenvalue weighted by Gasteiger charge is -2.39. The van der Waals surface area contributed by atoms with E-state index in [1.165, 1.54) is 19.3 Å². The lowest BCUT2D eigenvalue weighted by atomic mass is 9.88. The predicted molar refractivity (Wildman–Crippen MR) is 260 cm³/mol. The number of hydrogen-bond donors (Lipinski definition) is 2. The Hall–Kier alpha value is -3.33. The molecular formula is C51H92N4O9. The van der Waals surface area contributed by atoms with Gasteiger partial charge in [0, 0.05) is 80.5 Å². The highest BCUT2D eigenvalue weighted by atomic mass is 16.7. The van der Waals surface area contributed by atoms with Crippen LogP contribution in [-0.4, -0.2) is 112 Å². The Bertz CT molecular complexity index is 1500. The van der Waals surface area contributed by atoms with E-state index in [0.29, 0.717) is 44.8 Å². The number of nitrogens with zero attached hydrogens (tertiary/aromatic N) is 4. The number of methoxy groups -OCH3 is 1. The molecule has 0 saturated carbocycles. The van der Waals surface area contributed by atoms with Crippen molar-refractivity contribution in [3.63, 3.8) is 0 Å². The Morgan fingerprint density at radius 3 is 2.11 bits per heavy atom. The number of Topliss-reactive ketones (excluding diaryl/α,β-unsaturated/α-hetero) is 2. The average molecular weight is 905 g/mol. The molecule has 0 radical (unpaired) electrons. The number of carbonyl (C=O) groups is 3. The molecular weight excluding hydrogens is 813 g/mol. The van der Waals surface area contributed by atoms with Crippen molar-refractivity contribution in [3.05, 3.63) is 50.2 Å². The average Bonchev–Trinajstić information content (AvgIpc) is 3.80. The molecule has 1 aliphatic rings. The first-order valence-electron chi connectivity index (χ1n) is 23.7. The molecule has 0 amide bonds. The minimum absolute atomic E-state index is 0.0413. The molecule has 10 atom stereocenters. The smallest absolute Gasteiger partial charge is 0.300 e. The zero-order valence-electron chi connectivity index (χ0n) is 43.0. The van der Waals surface area contributed by atoms with Crippen molar-refractivity contribution in [1.29, 1.82) is 0 Å². The first kappa shape index (κ1) is 62.8. The first-order valence-corrected chi connectivity index (χ1v) is 23.7. The lowest BCUT2D eigenvalue weighted by molar-refractivity contribution is -0.229. The Morgan fingerprint density at radius 1 is 0.984 bits per heavy atom. The van der Waals surface area contributed by atoms with E-state index in [1.807, 2.05) is 73.1 Å². The fourth-order valence-corrected chi connectivity index (χ4v) is 7.32. The summed E-state index contributed by atoms with van der Waals surface area (Å²) >= 11 is 0. The van der Waals surface area contributed by atoms with Gasteiger partial charge in [-0.3, -0.25) is 19.4 Å². The number of aliphatic carboxylic acids is 1. The fourth-order valence-electron chi connectivity index (χ4n) is 7.32. The number of unbranched alkanes of at least 4 members (excludes halogenated alkanes) is 1. The molecule has 1 unspecified atom stereocenters. The second-order valence-corrected chi connectivity index (χ2v) is 17.5. The third-order valence-corrected chi connectivity index (χ3v) is 11.6. The number of carbonyl (C=O) groups excluding carboxylic acids is 2. The van der Waals surface area contributed by atoms with Gasteiger partial charge in [0.1, 0.15) is 11.6 Å². The third-order valence-electron chi connectivity index (χ3n) is 11.6. The van der Waals surface area contributed by atoms with Gasteiger partial charge in [0.05, 0.1) is 36.3 Å². The molecule has 1 saturated heterocycles. The molecule has 0 aromatic carbocycles. The number of carboxylic acids is 1. The molecule has 3 heterocycles. The molecule has 0 bridgehead atoms. The Morgan fingerprint density at radius 2 is 1.59 bits per heavy atom. The maximum absolute atomic E-state index is 13.3. The van der Waals surface area contributed by atoms with Crippen LogP contribution in [0.2, 0.25) is 0 Å². The van der Waals surface area contributed by atoms with Crippen molar-refractivity contribution in [2.45, 2.75) is 197 Å². The van der Waals surface area contributed by atoms with Gasteiger partial charge < -0.3 is 38.6 Å². The molecule has 1 aliphatic heterocycles. The van der Waals surface area contributed by atoms with E-state index in [0.717, 1.165) is 31.0 Å². The van der Waals surface area contributed by atoms with Crippen molar-refractivity contribution in [2.75, 3.05) is 27.8 Å². The lowest BCUT2D eigenvalue weighted by Crippen LogP contribution is -2.45. The van der Waals surface area contributed by atoms with Crippen LogP contribution in [0.15, 0.2) is 50.2 Å². The summed E-state index contributed by atoms with van der Waals surface area (Å²) in [5.74, 6) is -1.91. The zero-order chi connectivity index (χ0) is 49.6. The molecule has 0 spiro atoms. The summed E-state index contributed by atoms with van der Waals surface area (Å²) in [6.07, 6.45) is 14.5. The van der Waals surface area contributed by atoms with Crippen LogP contribution in [0.25, 0.3) is 11.3 Å². The van der Waals surface area contributed by atoms with Gasteiger partial charge in [-0.15, -0.1) is 13.2 Å². The quantitative estimate of drug-likeness (QED) is 0.0758. The van der Waals surface area contributed by atoms with Gasteiger partial charge in [-0.2, -0.15) is 0 Å². The Balaban J connectivity index is 0. The van der Waals surface area contributed by atoms with Crippen molar-refractivity contribution in [2.24, 2.45) is 23.7 Å². The minimum atomic E-state index is -1.21. The van der Waals surface area contributed by atoms with Crippen LogP contribution in [0.5, 0.6) is 0 Å². The zero-order valence-corrected chi connectivity index (χ0v) is 43.0. The van der Waals surface area contributed by atoms with E-state index in [4.69, 9.17) is 28.8 Å². The largest absolute Gasteiger partial charge is 0.481 e. The topological polar surface area (TPSA) is 163 Å². The summed E-state index contributed by atoms with van der Waals surface area (Å²) in [5.41, 5.74) is 2.19. The van der Waals surface area contributed by atoms with Crippen molar-refractivity contribution in [3.8, 4) is 11.3 Å². The van der Waals surface area contributed by atoms with Gasteiger partial charge in [-0.05, 0) is 91.9 Å². The molecule has 1 fully saturated rings. The van der Waals surface area contributed by atoms with Crippen LogP contribution in [0, 0.1) is 23.7 Å². The van der Waals surface area contributed by atoms with Crippen molar-refractivity contribution < 1.29 is 43.5 Å². The molecule has 2 aromatic rings. The summed E-state index contributed by atoms with van der Waals surface area (Å²) in [7, 11) is 5.78. The summed E-state index contributed by atoms with van der Waals surface area (Å²) in [5, 5.41) is 18.2. The van der Waals surface area contributed by atoms with E-state index in [-0.39, 0.29) is 53.5 Å². The number of imidazole rings is 1. The van der Waals surface area contributed by atoms with Crippen LogP contribution >= 0.6 is 0 Å². The molecule has 13 nitrogen and oxygen atoms in total. The maximum Gasteiger partial charge on any atom is 0.300 e. The minimum Gasteiger partial charge on any atom is -0.481 e. The summed E-state index contributed by atoms with van der Waals surface area (Å²) < 4.78 is 25.6. The Labute approximate surface area is 389 Å². The number of aromatic nitrogens is 3. The monoisotopic (exact) mass is 905 g/mol. The van der Waals surface area contributed by atoms with Gasteiger partial charge in [0.25, 0.3) is 5.97 Å². The van der Waals surface area contributed by atoms with Gasteiger partial charge in [-0.1, -0.05) is 75.2 Å². The number of hydrogen-bond acceptors (Lipinski definition) is 11. The Kier molecular flexibility index (Phi) is 34.3. The SMILES string of the molecule is C=C.CC.CC(=O)O.CCCCC(C)(C)n1cnc(-c2cccnc2)c1.CC[C@H](CC[C@@H](C)C(=O)[C@H](C)CCOC)OC(O)[C@H](C)C(=O)[C@H](C)[C@H](CC)O[C@H]1C[C@@H](N(C)C)C[C@@H](C)O1. The normalized spacial score (nSPS) is 19.2. The molecule has 370 valence electrons. The highest BCUT2D eigenvalue weighted by Gasteiger charge is 2.36. The molecule has 2 aromatic heterocycles. The van der Waals surface area contributed by atoms with Crippen molar-refractivity contribution >= 4 is 17.5 Å². The molecule has 3 rings (SSSR count). The first-order chi connectivity index (χ1) is 30.2. The van der Waals surface area contributed by atoms with E-state index in [1.54, 1.807) is 20.2 Å². The number of pyridine rings is 1. The number of aliphatic hydroxyl groups is 1. The molecule has 0 aliphatic carbocycles. The molecule has 13 heteroatoms. The molecule has 2 N–H and O–H groups in total. The molecule has 64 heavy (non-hydrogen) atoms. The third kappa shape index (κ3) is 24.3. The fraction of sp³-hybridized carbons (Fsp3) is 0.745. The van der Waals surface area contributed by atoms with Crippen LogP contribution < -0.4 is 0 Å². The van der Waals surface area contributed by atoms with Gasteiger partial charge in [0.15, 0.2) is 12.6 Å². The van der Waals surface area contributed by atoms with Crippen LogP contribution in [-0.2, 0) is 38.9 Å². The highest BCUT2D eigenvalue weighted by Crippen LogP contribution is 2.29. The number of aliphatic hydroxyl groups excluding tert-OH is 1. The van der Waals surface area contributed by atoms with Crippen molar-refractivity contribution in [1.82, 2.24) is 19.4 Å². The number of carboxylic acid groups (broad SMARTS) is 1. The second-order valence-electron chi connectivity index (χ2n) is 17.5. The maximum atomic E-state index is 13.3. The summed E-state index contributed by atoms with van der Waals surface area (Å²) in [6.45, 7) is 31.9. The van der Waals surface area contributed by atoms with E-state index < -0.39 is 24.1 Å². The van der Waals surface area contributed by atoms with Gasteiger partial charge in [-0.25, -0.2) is 4.98 Å². The summed E-state index contributed by atoms with van der Waals surface area (Å²) in [4.78, 5) is 45.8. The number of rotatable bonds is 24. The van der Waals surface area contributed by atoms with Crippen LogP contribution in [0.3, 0.4) is 0 Å². The highest BCUT2D eigenvalue weighted by molar-refractivity contribution is 5.84. The number of ether oxygens (including phenoxy) is 4. The van der Waals surface area contributed by atoms with E-state index in [9.17, 15) is 14.7 Å². The number of ketones is 2. The standard InChI is InChI=1S/C30H57NO7.C15H21N3.C2H4O2.C2H6.C2H4/c1-11-25(14-13-19(3)28(32)20(4)15-16-35-10)37-30(34)23(7)29(33)22(6)26(12-2)38-27-18-24(31(8)9)17-21(5)36-27;1-4-5-8-15(2,3)18-11-14(17-12-18)13-7-6-9-16-10-13;1-2(3)4;2*1-2/h19-27,30,34H,11-18H2,1-10H3;6-7,9-12H,4-5,8H2,1-3H3;1H3,(H,3,4);1-2H3;1-2H2/t19-,20-,21-,22-,23-,24+,25-,26+,27+,30?;;;;/m1..../s1. The van der Waals surface area contributed by atoms with Crippen LogP contribution in [0.1, 0.15) is 154 Å². The van der Waals surface area contributed by atoms with E-state index >= 15 is 0 Å². The summed E-state index contributed by atoms with van der Waals surface area (Å²) in [6, 6.07) is 4.36. The predicted octanol–water partition coefficient (Wildman–Crippen LogP) is 10.6. The second kappa shape index (κ2) is 34.9. The van der Waals surface area contributed by atoms with Gasteiger partial charge >= 0.3 is 0 Å². The van der Waals surface area contributed by atoms with Crippen LogP contribution in [0.4, 0.5) is 0 Å².